The first-order valence-corrected chi connectivity index (χ1v) is 20.5. The van der Waals surface area contributed by atoms with Crippen molar-refractivity contribution in [1.82, 2.24) is 0 Å². The van der Waals surface area contributed by atoms with Gasteiger partial charge in [-0.3, -0.25) is 14.1 Å². The molecule has 0 radical (unpaired) electrons. The van der Waals surface area contributed by atoms with E-state index >= 15 is 0 Å². The molecule has 0 aromatic heterocycles. The number of ether oxygens (including phenoxy) is 2. The highest BCUT2D eigenvalue weighted by Gasteiger charge is 2.22. The summed E-state index contributed by atoms with van der Waals surface area (Å²) < 4.78 is 26.2. The summed E-state index contributed by atoms with van der Waals surface area (Å²) in [6.45, 7) is 1.56. The number of rotatable bonds is 34. The molecule has 0 aromatic rings. The Morgan fingerprint density at radius 2 is 0.980 bits per heavy atom. The molecule has 0 bridgehead atoms. The minimum Gasteiger partial charge on any atom is -0.462 e. The Morgan fingerprint density at radius 3 is 1.45 bits per heavy atom. The molecule has 0 amide bonds. The lowest BCUT2D eigenvalue weighted by Crippen LogP contribution is -2.29. The third-order valence-corrected chi connectivity index (χ3v) is 7.93. The zero-order valence-electron chi connectivity index (χ0n) is 31.2. The van der Waals surface area contributed by atoms with Crippen LogP contribution in [0.4, 0.5) is 0 Å². The number of esters is 2. The largest absolute Gasteiger partial charge is 0.469 e. The number of aliphatic hydroxyl groups is 1. The van der Waals surface area contributed by atoms with E-state index in [4.69, 9.17) is 24.4 Å². The fourth-order valence-corrected chi connectivity index (χ4v) is 4.94. The fourth-order valence-electron chi connectivity index (χ4n) is 4.58. The van der Waals surface area contributed by atoms with E-state index in [1.54, 1.807) is 0 Å². The van der Waals surface area contributed by atoms with Gasteiger partial charge in [0, 0.05) is 19.4 Å². The van der Waals surface area contributed by atoms with Gasteiger partial charge in [-0.25, -0.2) is 4.57 Å². The lowest BCUT2D eigenvalue weighted by molar-refractivity contribution is -0.161. The molecule has 0 aromatic carbocycles. The van der Waals surface area contributed by atoms with Gasteiger partial charge in [0.05, 0.1) is 6.61 Å². The Balaban J connectivity index is 4.16. The summed E-state index contributed by atoms with van der Waals surface area (Å²) in [5.41, 5.74) is 0. The Hall–Kier alpha value is -2.81. The summed E-state index contributed by atoms with van der Waals surface area (Å²) in [5.74, 6) is -1.02. The van der Waals surface area contributed by atoms with Crippen molar-refractivity contribution >= 4 is 19.8 Å². The number of carbonyl (C=O) groups excluding carboxylic acids is 2. The van der Waals surface area contributed by atoms with Gasteiger partial charge < -0.3 is 24.4 Å². The molecule has 0 spiro atoms. The maximum absolute atomic E-state index is 12.3. The Bertz CT molecular complexity index is 1100. The molecule has 0 aliphatic carbocycles. The van der Waals surface area contributed by atoms with Crippen molar-refractivity contribution in [2.75, 3.05) is 19.8 Å². The van der Waals surface area contributed by atoms with Crippen molar-refractivity contribution in [2.45, 2.75) is 141 Å². The Labute approximate surface area is 308 Å². The SMILES string of the molecule is CCCCC/C=C\C/C=C\C/C=C\CCCCC(=O)OC[C@H](COP(=O)(O)O)OC(=O)CCC/C=C\C/C=C\C/C=C\C/C=C\CCCCCO. The second-order valence-electron chi connectivity index (χ2n) is 12.3. The number of allylic oxidation sites excluding steroid dienone is 14. The van der Waals surface area contributed by atoms with Crippen molar-refractivity contribution in [3.63, 3.8) is 0 Å². The molecule has 3 N–H and O–H groups in total. The van der Waals surface area contributed by atoms with E-state index in [1.807, 2.05) is 12.2 Å². The summed E-state index contributed by atoms with van der Waals surface area (Å²) in [6, 6.07) is 0. The summed E-state index contributed by atoms with van der Waals surface area (Å²) in [6.07, 6.45) is 46.1. The smallest absolute Gasteiger partial charge is 0.462 e. The van der Waals surface area contributed by atoms with Gasteiger partial charge in [-0.2, -0.15) is 0 Å². The molecule has 9 nitrogen and oxygen atoms in total. The molecule has 51 heavy (non-hydrogen) atoms. The standard InChI is InChI=1S/C41H67O9P/c1-2-3-4-5-6-7-8-9-13-16-19-22-25-28-31-34-40(43)48-37-39(38-49-51(45,46)47)50-41(44)35-32-29-26-23-20-17-14-11-10-12-15-18-21-24-27-30-33-36-42/h6-7,9-10,12-14,17-19,21-23,26,39,42H,2-5,8,11,15-16,20,24-25,27-38H2,1H3,(H2,45,46,47)/b7-6-,12-10-,13-9-,17-14-,21-18-,22-19-,26-23-/t39-/m1/s1. The van der Waals surface area contributed by atoms with E-state index in [0.717, 1.165) is 77.0 Å². The van der Waals surface area contributed by atoms with Gasteiger partial charge in [0.15, 0.2) is 6.10 Å². The Kier molecular flexibility index (Phi) is 34.9. The van der Waals surface area contributed by atoms with Gasteiger partial charge in [0.25, 0.3) is 0 Å². The van der Waals surface area contributed by atoms with E-state index in [1.165, 1.54) is 19.3 Å². The van der Waals surface area contributed by atoms with E-state index in [0.29, 0.717) is 19.3 Å². The normalized spacial score (nSPS) is 13.4. The average Bonchev–Trinajstić information content (AvgIpc) is 3.10. The monoisotopic (exact) mass is 734 g/mol. The van der Waals surface area contributed by atoms with E-state index < -0.39 is 32.5 Å². The molecular formula is C41H67O9P. The summed E-state index contributed by atoms with van der Waals surface area (Å²) in [7, 11) is -4.79. The Morgan fingerprint density at radius 1 is 0.549 bits per heavy atom. The number of phosphoric ester groups is 1. The van der Waals surface area contributed by atoms with Crippen LogP contribution in [0.25, 0.3) is 0 Å². The molecule has 1 atom stereocenters. The van der Waals surface area contributed by atoms with Crippen LogP contribution >= 0.6 is 7.82 Å². The lowest BCUT2D eigenvalue weighted by atomic mass is 10.1. The summed E-state index contributed by atoms with van der Waals surface area (Å²) in [5, 5.41) is 8.77. The molecular weight excluding hydrogens is 667 g/mol. The summed E-state index contributed by atoms with van der Waals surface area (Å²) >= 11 is 0. The van der Waals surface area contributed by atoms with Crippen LogP contribution in [0.2, 0.25) is 0 Å². The summed E-state index contributed by atoms with van der Waals surface area (Å²) in [4.78, 5) is 42.7. The lowest BCUT2D eigenvalue weighted by Gasteiger charge is -2.18. The molecule has 0 rings (SSSR count). The van der Waals surface area contributed by atoms with Crippen LogP contribution in [0, 0.1) is 0 Å². The molecule has 0 aliphatic heterocycles. The predicted octanol–water partition coefficient (Wildman–Crippen LogP) is 10.3. The zero-order valence-corrected chi connectivity index (χ0v) is 32.1. The maximum atomic E-state index is 12.3. The molecule has 290 valence electrons. The number of hydrogen-bond donors (Lipinski definition) is 3. The van der Waals surface area contributed by atoms with Crippen LogP contribution in [-0.2, 0) is 28.2 Å². The number of phosphoric acid groups is 1. The van der Waals surface area contributed by atoms with E-state index in [-0.39, 0.29) is 26.1 Å². The van der Waals surface area contributed by atoms with Gasteiger partial charge in [-0.1, -0.05) is 111 Å². The van der Waals surface area contributed by atoms with Crippen LogP contribution in [0.1, 0.15) is 135 Å². The van der Waals surface area contributed by atoms with E-state index in [2.05, 4.69) is 84.4 Å². The first kappa shape index (κ1) is 48.2. The molecule has 10 heteroatoms. The molecule has 0 heterocycles. The topological polar surface area (TPSA) is 140 Å². The van der Waals surface area contributed by atoms with Crippen LogP contribution in [-0.4, -0.2) is 52.8 Å². The minimum atomic E-state index is -4.79. The van der Waals surface area contributed by atoms with Crippen molar-refractivity contribution in [2.24, 2.45) is 0 Å². The van der Waals surface area contributed by atoms with Gasteiger partial charge in [-0.15, -0.1) is 0 Å². The highest BCUT2D eigenvalue weighted by Crippen LogP contribution is 2.35. The molecule has 0 aliphatic rings. The van der Waals surface area contributed by atoms with E-state index in [9.17, 15) is 14.2 Å². The van der Waals surface area contributed by atoms with Gasteiger partial charge in [-0.05, 0) is 96.3 Å². The third kappa shape index (κ3) is 39.8. The average molecular weight is 735 g/mol. The number of aliphatic hydroxyl groups excluding tert-OH is 1. The number of carbonyl (C=O) groups is 2. The van der Waals surface area contributed by atoms with Crippen molar-refractivity contribution < 1.29 is 43.0 Å². The highest BCUT2D eigenvalue weighted by atomic mass is 31.2. The number of hydrogen-bond acceptors (Lipinski definition) is 7. The minimum absolute atomic E-state index is 0.113. The second kappa shape index (κ2) is 37.0. The van der Waals surface area contributed by atoms with Gasteiger partial charge in [0.1, 0.15) is 6.61 Å². The van der Waals surface area contributed by atoms with Crippen LogP contribution in [0.15, 0.2) is 85.1 Å². The maximum Gasteiger partial charge on any atom is 0.469 e. The van der Waals surface area contributed by atoms with Crippen LogP contribution in [0.5, 0.6) is 0 Å². The quantitative estimate of drug-likeness (QED) is 0.0255. The second-order valence-corrected chi connectivity index (χ2v) is 13.5. The predicted molar refractivity (Wildman–Crippen MR) is 208 cm³/mol. The third-order valence-electron chi connectivity index (χ3n) is 7.44. The van der Waals surface area contributed by atoms with Gasteiger partial charge in [0.2, 0.25) is 0 Å². The first-order valence-electron chi connectivity index (χ1n) is 19.0. The fraction of sp³-hybridized carbons (Fsp3) is 0.610. The molecule has 0 unspecified atom stereocenters. The first-order chi connectivity index (χ1) is 24.8. The van der Waals surface area contributed by atoms with Crippen molar-refractivity contribution in [1.29, 1.82) is 0 Å². The van der Waals surface area contributed by atoms with Crippen molar-refractivity contribution in [3.8, 4) is 0 Å². The van der Waals surface area contributed by atoms with Crippen LogP contribution in [0.3, 0.4) is 0 Å². The highest BCUT2D eigenvalue weighted by molar-refractivity contribution is 7.46. The zero-order chi connectivity index (χ0) is 37.5. The van der Waals surface area contributed by atoms with Crippen LogP contribution < -0.4 is 0 Å². The molecule has 0 fully saturated rings. The van der Waals surface area contributed by atoms with Crippen molar-refractivity contribution in [3.05, 3.63) is 85.1 Å². The molecule has 0 saturated heterocycles. The molecule has 0 saturated carbocycles. The van der Waals surface area contributed by atoms with Gasteiger partial charge >= 0.3 is 19.8 Å². The number of unbranched alkanes of at least 4 members (excludes halogenated alkanes) is 9.